The number of halogens is 1. The Hall–Kier alpha value is -0.930. The average Bonchev–Trinajstić information content (AvgIpc) is 2.41. The topological polar surface area (TPSA) is 15.3 Å². The maximum absolute atomic E-state index is 13.4. The maximum Gasteiger partial charge on any atom is 0.126 e. The van der Waals surface area contributed by atoms with E-state index in [9.17, 15) is 4.39 Å². The summed E-state index contributed by atoms with van der Waals surface area (Å²) in [5.74, 6) is 0.757. The predicted molar refractivity (Wildman–Crippen MR) is 77.7 cm³/mol. The van der Waals surface area contributed by atoms with Gasteiger partial charge in [0.1, 0.15) is 5.82 Å². The Balaban J connectivity index is 1.65. The van der Waals surface area contributed by atoms with Crippen LogP contribution in [0.1, 0.15) is 30.4 Å². The lowest BCUT2D eigenvalue weighted by Crippen LogP contribution is -2.31. The van der Waals surface area contributed by atoms with Crippen molar-refractivity contribution >= 4 is 0 Å². The molecule has 1 aliphatic rings. The third-order valence-corrected chi connectivity index (χ3v) is 4.13. The van der Waals surface area contributed by atoms with Crippen molar-refractivity contribution in [3.8, 4) is 0 Å². The minimum absolute atomic E-state index is 0.102. The summed E-state index contributed by atoms with van der Waals surface area (Å²) in [6.07, 6.45) is 3.87. The molecule has 1 aliphatic heterocycles. The summed E-state index contributed by atoms with van der Waals surface area (Å²) in [6, 6.07) is 5.49. The monoisotopic (exact) mass is 264 g/mol. The molecule has 19 heavy (non-hydrogen) atoms. The Morgan fingerprint density at radius 2 is 2.05 bits per heavy atom. The number of rotatable bonds is 5. The van der Waals surface area contributed by atoms with Crippen molar-refractivity contribution < 1.29 is 4.39 Å². The summed E-state index contributed by atoms with van der Waals surface area (Å²) in [5.41, 5.74) is 1.75. The van der Waals surface area contributed by atoms with Crippen molar-refractivity contribution in [2.24, 2.45) is 5.92 Å². The highest BCUT2D eigenvalue weighted by molar-refractivity contribution is 5.23. The van der Waals surface area contributed by atoms with E-state index in [1.807, 2.05) is 12.1 Å². The van der Waals surface area contributed by atoms with E-state index >= 15 is 0 Å². The molecule has 0 atom stereocenters. The lowest BCUT2D eigenvalue weighted by atomic mass is 9.94. The predicted octanol–water partition coefficient (Wildman–Crippen LogP) is 2.96. The van der Waals surface area contributed by atoms with Gasteiger partial charge in [-0.15, -0.1) is 0 Å². The molecule has 0 aliphatic carbocycles. The van der Waals surface area contributed by atoms with Crippen LogP contribution in [0, 0.1) is 18.7 Å². The maximum atomic E-state index is 13.4. The fourth-order valence-electron chi connectivity index (χ4n) is 2.64. The lowest BCUT2D eigenvalue weighted by Gasteiger charge is -2.28. The van der Waals surface area contributed by atoms with Crippen LogP contribution < -0.4 is 5.32 Å². The lowest BCUT2D eigenvalue weighted by molar-refractivity contribution is 0.211. The molecule has 2 rings (SSSR count). The van der Waals surface area contributed by atoms with Gasteiger partial charge in [0.05, 0.1) is 0 Å². The van der Waals surface area contributed by atoms with E-state index in [2.05, 4.69) is 17.3 Å². The minimum atomic E-state index is -0.102. The number of hydrogen-bond acceptors (Lipinski definition) is 2. The highest BCUT2D eigenvalue weighted by Crippen LogP contribution is 2.18. The molecule has 1 aromatic carbocycles. The van der Waals surface area contributed by atoms with Crippen LogP contribution in [0.4, 0.5) is 4.39 Å². The van der Waals surface area contributed by atoms with Crippen LogP contribution in [0.2, 0.25) is 0 Å². The van der Waals surface area contributed by atoms with Crippen LogP contribution in [0.3, 0.4) is 0 Å². The van der Waals surface area contributed by atoms with Gasteiger partial charge in [0, 0.05) is 6.54 Å². The van der Waals surface area contributed by atoms with Gasteiger partial charge in [-0.3, -0.25) is 0 Å². The second-order valence-corrected chi connectivity index (χ2v) is 5.80. The van der Waals surface area contributed by atoms with Crippen molar-refractivity contribution in [1.82, 2.24) is 10.2 Å². The van der Waals surface area contributed by atoms with E-state index in [0.29, 0.717) is 0 Å². The van der Waals surface area contributed by atoms with Crippen LogP contribution >= 0.6 is 0 Å². The van der Waals surface area contributed by atoms with Crippen LogP contribution in [-0.4, -0.2) is 31.6 Å². The van der Waals surface area contributed by atoms with Gasteiger partial charge in [-0.2, -0.15) is 0 Å². The number of hydrogen-bond donors (Lipinski definition) is 1. The molecule has 1 heterocycles. The fraction of sp³-hybridized carbons (Fsp3) is 0.625. The molecule has 0 spiro atoms. The smallest absolute Gasteiger partial charge is 0.126 e. The second kappa shape index (κ2) is 7.01. The van der Waals surface area contributed by atoms with Gasteiger partial charge < -0.3 is 10.2 Å². The van der Waals surface area contributed by atoms with Gasteiger partial charge in [-0.1, -0.05) is 12.1 Å². The van der Waals surface area contributed by atoms with Crippen molar-refractivity contribution in [3.05, 3.63) is 35.1 Å². The standard InChI is InChI=1S/C16H25FN2/c1-13-3-4-15(11-16(13)17)12-18-8-5-14-6-9-19(2)10-7-14/h3-4,11,14,18H,5-10,12H2,1-2H3. The van der Waals surface area contributed by atoms with Crippen molar-refractivity contribution in [2.75, 3.05) is 26.7 Å². The molecule has 1 fully saturated rings. The molecular formula is C16H25FN2. The molecule has 0 bridgehead atoms. The molecular weight excluding hydrogens is 239 g/mol. The van der Waals surface area contributed by atoms with Crippen molar-refractivity contribution in [1.29, 1.82) is 0 Å². The highest BCUT2D eigenvalue weighted by atomic mass is 19.1. The van der Waals surface area contributed by atoms with Gasteiger partial charge in [-0.05, 0) is 76.0 Å². The van der Waals surface area contributed by atoms with E-state index < -0.39 is 0 Å². The van der Waals surface area contributed by atoms with Gasteiger partial charge in [-0.25, -0.2) is 4.39 Å². The molecule has 0 aromatic heterocycles. The molecule has 1 N–H and O–H groups in total. The largest absolute Gasteiger partial charge is 0.313 e. The summed E-state index contributed by atoms with van der Waals surface area (Å²) in [5, 5.41) is 3.43. The van der Waals surface area contributed by atoms with Gasteiger partial charge in [0.15, 0.2) is 0 Å². The molecule has 0 radical (unpaired) electrons. The second-order valence-electron chi connectivity index (χ2n) is 5.80. The molecule has 2 nitrogen and oxygen atoms in total. The number of likely N-dealkylation sites (tertiary alicyclic amines) is 1. The average molecular weight is 264 g/mol. The third-order valence-electron chi connectivity index (χ3n) is 4.13. The number of piperidine rings is 1. The number of aryl methyl sites for hydroxylation is 1. The van der Waals surface area contributed by atoms with Crippen LogP contribution in [0.25, 0.3) is 0 Å². The van der Waals surface area contributed by atoms with Crippen LogP contribution in [0.15, 0.2) is 18.2 Å². The summed E-state index contributed by atoms with van der Waals surface area (Å²) in [7, 11) is 2.19. The molecule has 1 saturated heterocycles. The first-order chi connectivity index (χ1) is 9.15. The zero-order valence-electron chi connectivity index (χ0n) is 12.1. The molecule has 0 amide bonds. The summed E-state index contributed by atoms with van der Waals surface area (Å²) in [4.78, 5) is 2.40. The third kappa shape index (κ3) is 4.59. The van der Waals surface area contributed by atoms with E-state index in [1.54, 1.807) is 13.0 Å². The Labute approximate surface area is 116 Å². The Bertz CT molecular complexity index is 398. The molecule has 0 unspecified atom stereocenters. The SMILES string of the molecule is Cc1ccc(CNCCC2CCN(C)CC2)cc1F. The van der Waals surface area contributed by atoms with Gasteiger partial charge in [0.25, 0.3) is 0 Å². The number of nitrogens with zero attached hydrogens (tertiary/aromatic N) is 1. The normalized spacial score (nSPS) is 17.8. The minimum Gasteiger partial charge on any atom is -0.313 e. The van der Waals surface area contributed by atoms with Crippen molar-refractivity contribution in [2.45, 2.75) is 32.7 Å². The van der Waals surface area contributed by atoms with Gasteiger partial charge >= 0.3 is 0 Å². The van der Waals surface area contributed by atoms with E-state index in [4.69, 9.17) is 0 Å². The number of benzene rings is 1. The van der Waals surface area contributed by atoms with Crippen molar-refractivity contribution in [3.63, 3.8) is 0 Å². The fourth-order valence-corrected chi connectivity index (χ4v) is 2.64. The summed E-state index contributed by atoms with van der Waals surface area (Å²) < 4.78 is 13.4. The molecule has 1 aromatic rings. The Morgan fingerprint density at radius 1 is 1.32 bits per heavy atom. The summed E-state index contributed by atoms with van der Waals surface area (Å²) >= 11 is 0. The molecule has 106 valence electrons. The number of nitrogens with one attached hydrogen (secondary N) is 1. The van der Waals surface area contributed by atoms with Crippen LogP contribution in [0.5, 0.6) is 0 Å². The van der Waals surface area contributed by atoms with E-state index in [0.717, 1.165) is 30.1 Å². The first-order valence-electron chi connectivity index (χ1n) is 7.29. The quantitative estimate of drug-likeness (QED) is 0.823. The highest BCUT2D eigenvalue weighted by Gasteiger charge is 2.15. The van der Waals surface area contributed by atoms with Gasteiger partial charge in [0.2, 0.25) is 0 Å². The van der Waals surface area contributed by atoms with Crippen LogP contribution in [-0.2, 0) is 6.54 Å². The molecule has 3 heteroatoms. The Morgan fingerprint density at radius 3 is 2.74 bits per heavy atom. The first kappa shape index (κ1) is 14.5. The van der Waals surface area contributed by atoms with E-state index in [1.165, 1.54) is 32.4 Å². The Kier molecular flexibility index (Phi) is 5.34. The molecule has 0 saturated carbocycles. The van der Waals surface area contributed by atoms with E-state index in [-0.39, 0.29) is 5.82 Å². The zero-order chi connectivity index (χ0) is 13.7. The first-order valence-corrected chi connectivity index (χ1v) is 7.29. The zero-order valence-corrected chi connectivity index (χ0v) is 12.1. The summed E-state index contributed by atoms with van der Waals surface area (Å²) in [6.45, 7) is 6.06.